The van der Waals surface area contributed by atoms with Gasteiger partial charge in [0.15, 0.2) is 11.6 Å². The molecule has 1 heterocycles. The zero-order chi connectivity index (χ0) is 13.3. The molecule has 0 amide bonds. The van der Waals surface area contributed by atoms with Crippen molar-refractivity contribution in [2.75, 3.05) is 0 Å². The predicted molar refractivity (Wildman–Crippen MR) is 55.2 cm³/mol. The molecule has 0 aliphatic heterocycles. The Kier molecular flexibility index (Phi) is 3.42. The zero-order valence-corrected chi connectivity index (χ0v) is 9.48. The van der Waals surface area contributed by atoms with Crippen LogP contribution in [0.1, 0.15) is 0 Å². The van der Waals surface area contributed by atoms with Crippen LogP contribution in [0.15, 0.2) is 40.1 Å². The second kappa shape index (κ2) is 4.85. The first-order valence-electron chi connectivity index (χ1n) is 4.69. The molecule has 94 valence electrons. The van der Waals surface area contributed by atoms with Gasteiger partial charge < -0.3 is 0 Å². The Morgan fingerprint density at radius 2 is 1.39 bits per heavy atom. The van der Waals surface area contributed by atoms with Crippen LogP contribution in [-0.2, 0) is 10.8 Å². The monoisotopic (exact) mass is 275 g/mol. The summed E-state index contributed by atoms with van der Waals surface area (Å²) in [6, 6.07) is 7.21. The number of halogens is 4. The molecule has 0 N–H and O–H groups in total. The summed E-state index contributed by atoms with van der Waals surface area (Å²) in [6.07, 6.45) is 0. The van der Waals surface area contributed by atoms with Gasteiger partial charge in [0.2, 0.25) is 0 Å². The molecule has 7 heteroatoms. The Labute approximate surface area is 102 Å². The summed E-state index contributed by atoms with van der Waals surface area (Å²) in [5, 5.41) is 0. The van der Waals surface area contributed by atoms with Crippen molar-refractivity contribution in [3.8, 4) is 0 Å². The van der Waals surface area contributed by atoms with Crippen molar-refractivity contribution in [1.29, 1.82) is 0 Å². The molecule has 1 aromatic carbocycles. The highest BCUT2D eigenvalue weighted by atomic mass is 32.2. The Morgan fingerprint density at radius 3 is 1.89 bits per heavy atom. The first-order valence-corrected chi connectivity index (χ1v) is 5.84. The number of hydrogen-bond donors (Lipinski definition) is 0. The van der Waals surface area contributed by atoms with Crippen LogP contribution in [0.4, 0.5) is 17.6 Å². The number of rotatable bonds is 2. The third kappa shape index (κ3) is 2.13. The van der Waals surface area contributed by atoms with Gasteiger partial charge in [-0.2, -0.15) is 13.8 Å². The topological polar surface area (TPSA) is 30.0 Å². The predicted octanol–water partition coefficient (Wildman–Crippen LogP) is 2.80. The Morgan fingerprint density at radius 1 is 0.889 bits per heavy atom. The van der Waals surface area contributed by atoms with Crippen LogP contribution in [0.3, 0.4) is 0 Å². The molecule has 0 aliphatic carbocycles. The molecule has 1 atom stereocenters. The fraction of sp³-hybridized carbons (Fsp3) is 0. The van der Waals surface area contributed by atoms with Crippen molar-refractivity contribution in [3.05, 3.63) is 53.9 Å². The number of pyridine rings is 1. The van der Waals surface area contributed by atoms with Gasteiger partial charge in [-0.15, -0.1) is 0 Å². The smallest absolute Gasteiger partial charge is 0.249 e. The van der Waals surface area contributed by atoms with Crippen molar-refractivity contribution in [2.45, 2.75) is 9.79 Å². The number of aromatic nitrogens is 1. The summed E-state index contributed by atoms with van der Waals surface area (Å²) in [6.45, 7) is 0. The lowest BCUT2D eigenvalue weighted by molar-refractivity contribution is 0.381. The lowest BCUT2D eigenvalue weighted by Crippen LogP contribution is -2.08. The van der Waals surface area contributed by atoms with E-state index in [-0.39, 0.29) is 4.90 Å². The summed E-state index contributed by atoms with van der Waals surface area (Å²) in [5.41, 5.74) is 0. The molecular weight excluding hydrogens is 270 g/mol. The molecule has 18 heavy (non-hydrogen) atoms. The quantitative estimate of drug-likeness (QED) is 0.623. The van der Waals surface area contributed by atoms with E-state index < -0.39 is 39.2 Å². The van der Waals surface area contributed by atoms with E-state index >= 15 is 0 Å². The average molecular weight is 275 g/mol. The third-order valence-electron chi connectivity index (χ3n) is 2.10. The van der Waals surface area contributed by atoms with Crippen molar-refractivity contribution >= 4 is 10.8 Å². The van der Waals surface area contributed by atoms with E-state index in [0.29, 0.717) is 0 Å². The molecule has 0 bridgehead atoms. The summed E-state index contributed by atoms with van der Waals surface area (Å²) in [7, 11) is -2.36. The van der Waals surface area contributed by atoms with Crippen molar-refractivity contribution in [2.24, 2.45) is 0 Å². The van der Waals surface area contributed by atoms with Crippen LogP contribution in [0.25, 0.3) is 0 Å². The van der Waals surface area contributed by atoms with Crippen LogP contribution in [0.5, 0.6) is 0 Å². The van der Waals surface area contributed by atoms with Gasteiger partial charge in [0.1, 0.15) is 4.90 Å². The minimum atomic E-state index is -2.36. The van der Waals surface area contributed by atoms with Gasteiger partial charge >= 0.3 is 0 Å². The van der Waals surface area contributed by atoms with Crippen LogP contribution >= 0.6 is 0 Å². The zero-order valence-electron chi connectivity index (χ0n) is 8.66. The van der Waals surface area contributed by atoms with Gasteiger partial charge in [-0.3, -0.25) is 0 Å². The molecule has 2 nitrogen and oxygen atoms in total. The first-order chi connectivity index (χ1) is 8.52. The molecule has 2 aromatic rings. The standard InChI is InChI=1S/C11H5F4NOS/c12-7-9(8(13)11(15)16-10(7)14)18(17)6-4-2-1-3-5-6/h1-5H. The second-order valence-corrected chi connectivity index (χ2v) is 4.65. The molecule has 2 rings (SSSR count). The van der Waals surface area contributed by atoms with E-state index in [9.17, 15) is 21.8 Å². The third-order valence-corrected chi connectivity index (χ3v) is 3.53. The molecule has 1 aromatic heterocycles. The van der Waals surface area contributed by atoms with Crippen LogP contribution in [-0.4, -0.2) is 9.19 Å². The maximum atomic E-state index is 13.3. The summed E-state index contributed by atoms with van der Waals surface area (Å²) < 4.78 is 64.3. The molecule has 1 unspecified atom stereocenters. The van der Waals surface area contributed by atoms with E-state index in [4.69, 9.17) is 0 Å². The summed E-state index contributed by atoms with van der Waals surface area (Å²) in [4.78, 5) is 1.24. The Balaban J connectivity index is 2.62. The van der Waals surface area contributed by atoms with Crippen molar-refractivity contribution in [1.82, 2.24) is 4.98 Å². The molecular formula is C11H5F4NOS. The Hall–Kier alpha value is -1.76. The van der Waals surface area contributed by atoms with E-state index in [1.54, 1.807) is 6.07 Å². The van der Waals surface area contributed by atoms with E-state index in [1.807, 2.05) is 0 Å². The number of benzene rings is 1. The van der Waals surface area contributed by atoms with Crippen LogP contribution in [0, 0.1) is 23.5 Å². The van der Waals surface area contributed by atoms with Gasteiger partial charge in [0.05, 0.1) is 10.8 Å². The maximum Gasteiger partial charge on any atom is 0.253 e. The summed E-state index contributed by atoms with van der Waals surface area (Å²) >= 11 is 0. The average Bonchev–Trinajstić information content (AvgIpc) is 2.37. The molecule has 0 saturated carbocycles. The Bertz CT molecular complexity index is 592. The second-order valence-electron chi connectivity index (χ2n) is 3.23. The fourth-order valence-corrected chi connectivity index (χ4v) is 2.43. The minimum Gasteiger partial charge on any atom is -0.249 e. The van der Waals surface area contributed by atoms with Gasteiger partial charge in [0.25, 0.3) is 11.9 Å². The SMILES string of the molecule is O=S(c1ccccc1)c1c(F)c(F)nc(F)c1F. The van der Waals surface area contributed by atoms with Crippen molar-refractivity contribution < 1.29 is 21.8 Å². The number of nitrogens with zero attached hydrogens (tertiary/aromatic N) is 1. The lowest BCUT2D eigenvalue weighted by Gasteiger charge is -2.05. The molecule has 0 aliphatic rings. The maximum absolute atomic E-state index is 13.3. The van der Waals surface area contributed by atoms with Gasteiger partial charge in [-0.05, 0) is 12.1 Å². The van der Waals surface area contributed by atoms with E-state index in [2.05, 4.69) is 4.98 Å². The van der Waals surface area contributed by atoms with Crippen LogP contribution < -0.4 is 0 Å². The highest BCUT2D eigenvalue weighted by Crippen LogP contribution is 2.24. The largest absolute Gasteiger partial charge is 0.253 e. The summed E-state index contributed by atoms with van der Waals surface area (Å²) in [5.74, 6) is -7.16. The molecule has 0 radical (unpaired) electrons. The van der Waals surface area contributed by atoms with Gasteiger partial charge in [-0.25, -0.2) is 13.0 Å². The minimum absolute atomic E-state index is 0.0281. The number of hydrogen-bond acceptors (Lipinski definition) is 2. The highest BCUT2D eigenvalue weighted by molar-refractivity contribution is 7.85. The van der Waals surface area contributed by atoms with Gasteiger partial charge in [0, 0.05) is 4.90 Å². The van der Waals surface area contributed by atoms with E-state index in [0.717, 1.165) is 0 Å². The first kappa shape index (κ1) is 12.7. The lowest BCUT2D eigenvalue weighted by atomic mass is 10.4. The normalized spacial score (nSPS) is 12.4. The van der Waals surface area contributed by atoms with Gasteiger partial charge in [-0.1, -0.05) is 18.2 Å². The fourth-order valence-electron chi connectivity index (χ4n) is 1.29. The van der Waals surface area contributed by atoms with E-state index in [1.165, 1.54) is 24.3 Å². The van der Waals surface area contributed by atoms with Crippen molar-refractivity contribution in [3.63, 3.8) is 0 Å². The molecule has 0 fully saturated rings. The van der Waals surface area contributed by atoms with Crippen LogP contribution in [0.2, 0.25) is 0 Å². The molecule has 0 saturated heterocycles. The highest BCUT2D eigenvalue weighted by Gasteiger charge is 2.25. The molecule has 0 spiro atoms.